The highest BCUT2D eigenvalue weighted by molar-refractivity contribution is 5.95. The van der Waals surface area contributed by atoms with E-state index in [2.05, 4.69) is 10.3 Å². The molecule has 0 aliphatic heterocycles. The molecule has 0 aliphatic carbocycles. The topological polar surface area (TPSA) is 64.0 Å². The Morgan fingerprint density at radius 2 is 1.71 bits per heavy atom. The third-order valence-electron chi connectivity index (χ3n) is 4.66. The molecule has 1 heterocycles. The molecule has 0 unspecified atom stereocenters. The lowest BCUT2D eigenvalue weighted by molar-refractivity contribution is -0.116. The molecule has 3 aromatic carbocycles. The maximum absolute atomic E-state index is 12.7. The van der Waals surface area contributed by atoms with Crippen molar-refractivity contribution in [3.05, 3.63) is 95.0 Å². The maximum atomic E-state index is 12.7. The molecular formula is C23H19N3O2. The van der Waals surface area contributed by atoms with Crippen LogP contribution in [0.25, 0.3) is 22.0 Å². The van der Waals surface area contributed by atoms with Crippen molar-refractivity contribution in [3.63, 3.8) is 0 Å². The van der Waals surface area contributed by atoms with Gasteiger partial charge in [0.1, 0.15) is 6.54 Å². The van der Waals surface area contributed by atoms with E-state index in [-0.39, 0.29) is 18.0 Å². The largest absolute Gasteiger partial charge is 0.324 e. The number of benzene rings is 3. The molecule has 1 N–H and O–H groups in total. The number of aromatic nitrogens is 2. The highest BCUT2D eigenvalue weighted by Gasteiger charge is 2.11. The quantitative estimate of drug-likeness (QED) is 0.591. The second kappa shape index (κ2) is 7.48. The minimum Gasteiger partial charge on any atom is -0.324 e. The summed E-state index contributed by atoms with van der Waals surface area (Å²) in [5, 5.41) is 3.43. The Labute approximate surface area is 162 Å². The van der Waals surface area contributed by atoms with Crippen molar-refractivity contribution in [2.75, 3.05) is 5.32 Å². The van der Waals surface area contributed by atoms with Gasteiger partial charge in [-0.2, -0.15) is 0 Å². The number of hydrogen-bond acceptors (Lipinski definition) is 3. The zero-order valence-electron chi connectivity index (χ0n) is 15.4. The van der Waals surface area contributed by atoms with E-state index in [1.165, 1.54) is 10.9 Å². The molecule has 0 atom stereocenters. The highest BCUT2D eigenvalue weighted by atomic mass is 16.2. The van der Waals surface area contributed by atoms with Crippen molar-refractivity contribution in [2.24, 2.45) is 0 Å². The normalized spacial score (nSPS) is 10.8. The number of aryl methyl sites for hydroxylation is 1. The Kier molecular flexibility index (Phi) is 4.72. The van der Waals surface area contributed by atoms with Gasteiger partial charge in [0.15, 0.2) is 0 Å². The number of para-hydroxylation sites is 2. The van der Waals surface area contributed by atoms with Crippen molar-refractivity contribution in [3.8, 4) is 11.1 Å². The van der Waals surface area contributed by atoms with Crippen LogP contribution >= 0.6 is 0 Å². The smallest absolute Gasteiger partial charge is 0.261 e. The Hall–Kier alpha value is -3.73. The number of amides is 1. The van der Waals surface area contributed by atoms with Gasteiger partial charge in [-0.15, -0.1) is 0 Å². The molecule has 138 valence electrons. The van der Waals surface area contributed by atoms with Gasteiger partial charge in [0.2, 0.25) is 5.91 Å². The second-order valence-corrected chi connectivity index (χ2v) is 6.61. The first-order valence-electron chi connectivity index (χ1n) is 9.02. The van der Waals surface area contributed by atoms with Crippen molar-refractivity contribution in [1.82, 2.24) is 9.55 Å². The fourth-order valence-corrected chi connectivity index (χ4v) is 3.26. The molecule has 0 aliphatic rings. The predicted octanol–water partition coefficient (Wildman–Crippen LogP) is 4.01. The SMILES string of the molecule is Cc1cccc2c(=O)n(CC(=O)Nc3ccccc3-c3ccccc3)cnc12. The van der Waals surface area contributed by atoms with Crippen molar-refractivity contribution in [1.29, 1.82) is 0 Å². The lowest BCUT2D eigenvalue weighted by Crippen LogP contribution is -2.28. The van der Waals surface area contributed by atoms with Gasteiger partial charge in [-0.05, 0) is 30.2 Å². The molecule has 4 rings (SSSR count). The van der Waals surface area contributed by atoms with Gasteiger partial charge < -0.3 is 5.32 Å². The molecule has 28 heavy (non-hydrogen) atoms. The second-order valence-electron chi connectivity index (χ2n) is 6.61. The number of carbonyl (C=O) groups is 1. The Balaban J connectivity index is 1.61. The van der Waals surface area contributed by atoms with Crippen molar-refractivity contribution in [2.45, 2.75) is 13.5 Å². The van der Waals surface area contributed by atoms with Gasteiger partial charge in [0.05, 0.1) is 17.2 Å². The van der Waals surface area contributed by atoms with Crippen LogP contribution in [0.5, 0.6) is 0 Å². The summed E-state index contributed by atoms with van der Waals surface area (Å²) in [5.74, 6) is -0.278. The number of fused-ring (bicyclic) bond motifs is 1. The lowest BCUT2D eigenvalue weighted by Gasteiger charge is -2.12. The van der Waals surface area contributed by atoms with E-state index in [1.54, 1.807) is 6.07 Å². The summed E-state index contributed by atoms with van der Waals surface area (Å²) in [6.45, 7) is 1.81. The fourth-order valence-electron chi connectivity index (χ4n) is 3.26. The minimum absolute atomic E-state index is 0.0984. The van der Waals surface area contributed by atoms with Crippen molar-refractivity contribution >= 4 is 22.5 Å². The van der Waals surface area contributed by atoms with Crippen LogP contribution in [0.2, 0.25) is 0 Å². The van der Waals surface area contributed by atoms with Crippen LogP contribution in [0.3, 0.4) is 0 Å². The molecule has 5 heteroatoms. The van der Waals surface area contributed by atoms with E-state index in [0.717, 1.165) is 16.7 Å². The number of nitrogens with zero attached hydrogens (tertiary/aromatic N) is 2. The lowest BCUT2D eigenvalue weighted by atomic mass is 10.0. The third-order valence-corrected chi connectivity index (χ3v) is 4.66. The molecule has 0 saturated heterocycles. The summed E-state index contributed by atoms with van der Waals surface area (Å²) < 4.78 is 1.34. The Morgan fingerprint density at radius 1 is 0.964 bits per heavy atom. The molecule has 0 spiro atoms. The van der Waals surface area contributed by atoms with Crippen LogP contribution in [0.4, 0.5) is 5.69 Å². The number of nitrogens with one attached hydrogen (secondary N) is 1. The highest BCUT2D eigenvalue weighted by Crippen LogP contribution is 2.27. The van der Waals surface area contributed by atoms with E-state index < -0.39 is 0 Å². The minimum atomic E-state index is -0.278. The maximum Gasteiger partial charge on any atom is 0.261 e. The monoisotopic (exact) mass is 369 g/mol. The van der Waals surface area contributed by atoms with Gasteiger partial charge in [0, 0.05) is 11.3 Å². The van der Waals surface area contributed by atoms with Crippen LogP contribution in [-0.4, -0.2) is 15.5 Å². The number of rotatable bonds is 4. The fraction of sp³-hybridized carbons (Fsp3) is 0.0870. The summed E-state index contributed by atoms with van der Waals surface area (Å²) in [7, 11) is 0. The first kappa shape index (κ1) is 17.7. The van der Waals surface area contributed by atoms with Gasteiger partial charge in [0.25, 0.3) is 5.56 Å². The standard InChI is InChI=1S/C23H19N3O2/c1-16-8-7-12-19-22(16)24-15-26(23(19)28)14-21(27)25-20-13-6-5-11-18(20)17-9-3-2-4-10-17/h2-13,15H,14H2,1H3,(H,25,27). The summed E-state index contributed by atoms with van der Waals surface area (Å²) in [6.07, 6.45) is 1.43. The van der Waals surface area contributed by atoms with Gasteiger partial charge in [-0.3, -0.25) is 14.2 Å². The van der Waals surface area contributed by atoms with E-state index in [1.807, 2.05) is 73.7 Å². The molecule has 0 fully saturated rings. The van der Waals surface area contributed by atoms with Gasteiger partial charge in [-0.25, -0.2) is 4.98 Å². The molecule has 1 aromatic heterocycles. The van der Waals surface area contributed by atoms with E-state index in [9.17, 15) is 9.59 Å². The first-order valence-corrected chi connectivity index (χ1v) is 9.02. The number of anilines is 1. The Bertz CT molecular complexity index is 1210. The summed E-state index contributed by atoms with van der Waals surface area (Å²) >= 11 is 0. The molecule has 5 nitrogen and oxygen atoms in total. The molecule has 0 radical (unpaired) electrons. The number of carbonyl (C=O) groups excluding carboxylic acids is 1. The molecule has 0 bridgehead atoms. The third kappa shape index (κ3) is 3.42. The zero-order valence-corrected chi connectivity index (χ0v) is 15.4. The summed E-state index contributed by atoms with van der Waals surface area (Å²) in [4.78, 5) is 29.7. The zero-order chi connectivity index (χ0) is 19.5. The van der Waals surface area contributed by atoms with E-state index in [0.29, 0.717) is 16.6 Å². The molecule has 1 amide bonds. The summed E-state index contributed by atoms with van der Waals surface area (Å²) in [6, 6.07) is 22.9. The average Bonchev–Trinajstić information content (AvgIpc) is 2.72. The van der Waals surface area contributed by atoms with Crippen LogP contribution in [0.1, 0.15) is 5.56 Å². The molecular weight excluding hydrogens is 350 g/mol. The van der Waals surface area contributed by atoms with Crippen molar-refractivity contribution < 1.29 is 4.79 Å². The first-order chi connectivity index (χ1) is 13.6. The van der Waals surface area contributed by atoms with E-state index in [4.69, 9.17) is 0 Å². The van der Waals surface area contributed by atoms with Crippen LogP contribution in [0.15, 0.2) is 83.9 Å². The molecule has 4 aromatic rings. The van der Waals surface area contributed by atoms with Gasteiger partial charge in [-0.1, -0.05) is 60.7 Å². The van der Waals surface area contributed by atoms with Crippen LogP contribution in [0, 0.1) is 6.92 Å². The van der Waals surface area contributed by atoms with E-state index >= 15 is 0 Å². The van der Waals surface area contributed by atoms with Crippen LogP contribution in [-0.2, 0) is 11.3 Å². The average molecular weight is 369 g/mol. The number of hydrogen-bond donors (Lipinski definition) is 1. The van der Waals surface area contributed by atoms with Gasteiger partial charge >= 0.3 is 0 Å². The van der Waals surface area contributed by atoms with Crippen LogP contribution < -0.4 is 10.9 Å². The predicted molar refractivity (Wildman–Crippen MR) is 111 cm³/mol. The Morgan fingerprint density at radius 3 is 2.54 bits per heavy atom. The summed E-state index contributed by atoms with van der Waals surface area (Å²) in [5.41, 5.74) is 4.02. The molecule has 0 saturated carbocycles.